The summed E-state index contributed by atoms with van der Waals surface area (Å²) in [5.41, 5.74) is 0. The van der Waals surface area contributed by atoms with Crippen molar-refractivity contribution in [1.29, 1.82) is 0 Å². The van der Waals surface area contributed by atoms with Crippen LogP contribution in [0.5, 0.6) is 0 Å². The zero-order chi connectivity index (χ0) is 13.8. The summed E-state index contributed by atoms with van der Waals surface area (Å²) in [5, 5.41) is 26.7. The molecule has 1 aliphatic rings. The topological polar surface area (TPSA) is 88.2 Å². The molecule has 1 unspecified atom stereocenters. The lowest BCUT2D eigenvalue weighted by atomic mass is 10.1. The first kappa shape index (κ1) is 14.3. The summed E-state index contributed by atoms with van der Waals surface area (Å²) < 4.78 is 1.92. The third-order valence-corrected chi connectivity index (χ3v) is 4.27. The number of carboxylic acids is 1. The summed E-state index contributed by atoms with van der Waals surface area (Å²) in [6.45, 7) is 1.93. The molecule has 1 atom stereocenters. The Bertz CT molecular complexity index is 445. The van der Waals surface area contributed by atoms with E-state index in [2.05, 4.69) is 17.1 Å². The Hall–Kier alpha value is -1.08. The number of hydrogen-bond acceptors (Lipinski definition) is 5. The first-order valence-electron chi connectivity index (χ1n) is 6.54. The molecule has 1 aromatic heterocycles. The lowest BCUT2D eigenvalue weighted by Crippen LogP contribution is -2.14. The minimum atomic E-state index is -0.875. The second-order valence-corrected chi connectivity index (χ2v) is 5.79. The van der Waals surface area contributed by atoms with E-state index in [1.165, 1.54) is 12.8 Å². The minimum Gasteiger partial charge on any atom is -0.481 e. The predicted molar refractivity (Wildman–Crippen MR) is 71.0 cm³/mol. The van der Waals surface area contributed by atoms with Crippen LogP contribution < -0.4 is 0 Å². The number of aliphatic hydroxyl groups is 1. The molecule has 0 saturated heterocycles. The van der Waals surface area contributed by atoms with Crippen molar-refractivity contribution in [2.45, 2.75) is 50.4 Å². The number of hydrogen-bond donors (Lipinski definition) is 2. The van der Waals surface area contributed by atoms with Crippen LogP contribution in [0.4, 0.5) is 0 Å². The average molecular weight is 285 g/mol. The molecule has 1 aliphatic carbocycles. The molecule has 1 saturated carbocycles. The number of rotatable bonds is 8. The van der Waals surface area contributed by atoms with Gasteiger partial charge in [0, 0.05) is 6.04 Å². The van der Waals surface area contributed by atoms with Crippen LogP contribution in [0, 0.1) is 5.92 Å². The highest BCUT2D eigenvalue weighted by Crippen LogP contribution is 2.39. The number of thioether (sulfide) groups is 1. The van der Waals surface area contributed by atoms with Crippen LogP contribution in [0.15, 0.2) is 5.16 Å². The molecule has 2 N–H and O–H groups in total. The minimum absolute atomic E-state index is 0.0383. The first-order valence-corrected chi connectivity index (χ1v) is 7.53. The standard InChI is InChI=1S/C12H19N3O3S/c1-2-9(5-8-3-4-8)15-10(6-16)13-14-12(15)19-7-11(17)18/h8-9,16H,2-7H2,1H3,(H,17,18). The van der Waals surface area contributed by atoms with E-state index in [0.29, 0.717) is 11.0 Å². The second-order valence-electron chi connectivity index (χ2n) is 4.85. The molecule has 0 radical (unpaired) electrons. The van der Waals surface area contributed by atoms with Crippen molar-refractivity contribution < 1.29 is 15.0 Å². The van der Waals surface area contributed by atoms with E-state index in [-0.39, 0.29) is 18.4 Å². The van der Waals surface area contributed by atoms with E-state index in [1.807, 2.05) is 4.57 Å². The van der Waals surface area contributed by atoms with Crippen molar-refractivity contribution in [2.75, 3.05) is 5.75 Å². The second kappa shape index (κ2) is 6.38. The molecule has 6 nitrogen and oxygen atoms in total. The Morgan fingerprint density at radius 3 is 2.79 bits per heavy atom. The number of carboxylic acid groups (broad SMARTS) is 1. The maximum absolute atomic E-state index is 10.7. The number of nitrogens with zero attached hydrogens (tertiary/aromatic N) is 3. The highest BCUT2D eigenvalue weighted by atomic mass is 32.2. The van der Waals surface area contributed by atoms with Crippen molar-refractivity contribution in [2.24, 2.45) is 5.92 Å². The Labute approximate surface area is 116 Å². The molecule has 0 spiro atoms. The van der Waals surface area contributed by atoms with Crippen molar-refractivity contribution >= 4 is 17.7 Å². The van der Waals surface area contributed by atoms with E-state index in [9.17, 15) is 9.90 Å². The Kier molecular flexibility index (Phi) is 4.81. The van der Waals surface area contributed by atoms with Crippen LogP contribution in [0.2, 0.25) is 0 Å². The zero-order valence-corrected chi connectivity index (χ0v) is 11.8. The average Bonchev–Trinajstić information content (AvgIpc) is 3.12. The van der Waals surface area contributed by atoms with Gasteiger partial charge in [0.2, 0.25) is 0 Å². The zero-order valence-electron chi connectivity index (χ0n) is 10.9. The molecule has 2 rings (SSSR count). The fraction of sp³-hybridized carbons (Fsp3) is 0.750. The van der Waals surface area contributed by atoms with E-state index in [1.54, 1.807) is 0 Å². The van der Waals surface area contributed by atoms with Gasteiger partial charge in [0.25, 0.3) is 0 Å². The predicted octanol–water partition coefficient (Wildman–Crippen LogP) is 1.70. The summed E-state index contributed by atoms with van der Waals surface area (Å²) >= 11 is 1.16. The van der Waals surface area contributed by atoms with Gasteiger partial charge in [-0.2, -0.15) is 0 Å². The summed E-state index contributed by atoms with van der Waals surface area (Å²) in [6.07, 6.45) is 4.53. The van der Waals surface area contributed by atoms with Gasteiger partial charge < -0.3 is 14.8 Å². The molecular weight excluding hydrogens is 266 g/mol. The molecule has 1 heterocycles. The Morgan fingerprint density at radius 2 is 2.26 bits per heavy atom. The number of aliphatic hydroxyl groups excluding tert-OH is 1. The summed E-state index contributed by atoms with van der Waals surface area (Å²) in [5.74, 6) is 0.376. The SMILES string of the molecule is CCC(CC1CC1)n1c(CO)nnc1SCC(=O)O. The number of aliphatic carboxylic acids is 1. The van der Waals surface area contributed by atoms with Crippen LogP contribution >= 0.6 is 11.8 Å². The molecule has 106 valence electrons. The van der Waals surface area contributed by atoms with Crippen molar-refractivity contribution in [1.82, 2.24) is 14.8 Å². The molecule has 19 heavy (non-hydrogen) atoms. The smallest absolute Gasteiger partial charge is 0.313 e. The van der Waals surface area contributed by atoms with Crippen molar-refractivity contribution in [3.8, 4) is 0 Å². The van der Waals surface area contributed by atoms with Crippen LogP contribution in [-0.2, 0) is 11.4 Å². The fourth-order valence-electron chi connectivity index (χ4n) is 2.20. The third kappa shape index (κ3) is 3.70. The lowest BCUT2D eigenvalue weighted by Gasteiger charge is -2.19. The quantitative estimate of drug-likeness (QED) is 0.707. The monoisotopic (exact) mass is 285 g/mol. The molecule has 0 aromatic carbocycles. The summed E-state index contributed by atoms with van der Waals surface area (Å²) in [4.78, 5) is 10.7. The molecule has 7 heteroatoms. The van der Waals surface area contributed by atoms with Gasteiger partial charge in [0.05, 0.1) is 5.75 Å². The van der Waals surface area contributed by atoms with Crippen molar-refractivity contribution in [3.63, 3.8) is 0 Å². The summed E-state index contributed by atoms with van der Waals surface area (Å²) in [7, 11) is 0. The first-order chi connectivity index (χ1) is 9.15. The van der Waals surface area contributed by atoms with Crippen LogP contribution in [0.25, 0.3) is 0 Å². The molecule has 1 aromatic rings. The van der Waals surface area contributed by atoms with Gasteiger partial charge in [0.1, 0.15) is 6.61 Å². The third-order valence-electron chi connectivity index (χ3n) is 3.34. The highest BCUT2D eigenvalue weighted by molar-refractivity contribution is 7.99. The number of aromatic nitrogens is 3. The maximum atomic E-state index is 10.7. The fourth-order valence-corrected chi connectivity index (χ4v) is 2.94. The van der Waals surface area contributed by atoms with Gasteiger partial charge in [-0.3, -0.25) is 4.79 Å². The molecule has 1 fully saturated rings. The van der Waals surface area contributed by atoms with Crippen LogP contribution in [0.1, 0.15) is 44.5 Å². The Balaban J connectivity index is 2.17. The van der Waals surface area contributed by atoms with Gasteiger partial charge in [-0.25, -0.2) is 0 Å². The molecule has 0 bridgehead atoms. The van der Waals surface area contributed by atoms with Gasteiger partial charge in [0.15, 0.2) is 11.0 Å². The van der Waals surface area contributed by atoms with Gasteiger partial charge in [-0.05, 0) is 18.8 Å². The van der Waals surface area contributed by atoms with Crippen LogP contribution in [-0.4, -0.2) is 36.7 Å². The lowest BCUT2D eigenvalue weighted by molar-refractivity contribution is -0.133. The normalized spacial score (nSPS) is 16.5. The van der Waals surface area contributed by atoms with Gasteiger partial charge in [-0.1, -0.05) is 31.5 Å². The van der Waals surface area contributed by atoms with Crippen molar-refractivity contribution in [3.05, 3.63) is 5.82 Å². The van der Waals surface area contributed by atoms with E-state index < -0.39 is 5.97 Å². The van der Waals surface area contributed by atoms with Crippen LogP contribution in [0.3, 0.4) is 0 Å². The maximum Gasteiger partial charge on any atom is 0.313 e. The molecule has 0 amide bonds. The highest BCUT2D eigenvalue weighted by Gasteiger charge is 2.28. The van der Waals surface area contributed by atoms with E-state index in [0.717, 1.165) is 30.5 Å². The van der Waals surface area contributed by atoms with E-state index in [4.69, 9.17) is 5.11 Å². The van der Waals surface area contributed by atoms with Gasteiger partial charge >= 0.3 is 5.97 Å². The molecular formula is C12H19N3O3S. The van der Waals surface area contributed by atoms with E-state index >= 15 is 0 Å². The number of carbonyl (C=O) groups is 1. The largest absolute Gasteiger partial charge is 0.481 e. The Morgan fingerprint density at radius 1 is 1.53 bits per heavy atom. The molecule has 0 aliphatic heterocycles. The van der Waals surface area contributed by atoms with Gasteiger partial charge in [-0.15, -0.1) is 10.2 Å². The summed E-state index contributed by atoms with van der Waals surface area (Å²) in [6, 6.07) is 0.251.